The number of hydrogen-bond acceptors (Lipinski definition) is 1. The summed E-state index contributed by atoms with van der Waals surface area (Å²) in [7, 11) is 0. The van der Waals surface area contributed by atoms with Crippen molar-refractivity contribution < 1.29 is 0 Å². The van der Waals surface area contributed by atoms with Gasteiger partial charge in [0.15, 0.2) is 0 Å². The summed E-state index contributed by atoms with van der Waals surface area (Å²) in [5, 5.41) is 4.13. The first-order valence-corrected chi connectivity index (χ1v) is 9.32. The SMILES string of the molecule is Clc1ccc2nc(-c3ccccc3)c3cccc(-c4ccccc4)c3c2c1. The molecule has 2 heteroatoms. The van der Waals surface area contributed by atoms with Gasteiger partial charge in [0.25, 0.3) is 0 Å². The van der Waals surface area contributed by atoms with Gasteiger partial charge in [0.05, 0.1) is 11.2 Å². The molecule has 0 amide bonds. The van der Waals surface area contributed by atoms with Gasteiger partial charge in [-0.3, -0.25) is 0 Å². The lowest BCUT2D eigenvalue weighted by atomic mass is 9.93. The van der Waals surface area contributed by atoms with Gasteiger partial charge in [-0.1, -0.05) is 90.5 Å². The number of nitrogens with zero attached hydrogens (tertiary/aromatic N) is 1. The van der Waals surface area contributed by atoms with Crippen LogP contribution in [0, 0.1) is 0 Å². The molecular weight excluding hydrogens is 350 g/mol. The minimum atomic E-state index is 0.723. The molecule has 0 aliphatic heterocycles. The quantitative estimate of drug-likeness (QED) is 0.297. The molecule has 0 aliphatic carbocycles. The first-order valence-electron chi connectivity index (χ1n) is 8.94. The van der Waals surface area contributed by atoms with Gasteiger partial charge >= 0.3 is 0 Å². The molecule has 0 fully saturated rings. The monoisotopic (exact) mass is 365 g/mol. The van der Waals surface area contributed by atoms with E-state index in [9.17, 15) is 0 Å². The Morgan fingerprint density at radius 2 is 1.30 bits per heavy atom. The summed E-state index contributed by atoms with van der Waals surface area (Å²) in [6.07, 6.45) is 0. The van der Waals surface area contributed by atoms with Crippen LogP contribution in [0.5, 0.6) is 0 Å². The predicted octanol–water partition coefficient (Wildman–Crippen LogP) is 7.38. The van der Waals surface area contributed by atoms with Crippen LogP contribution in [0.1, 0.15) is 0 Å². The molecule has 0 atom stereocenters. The number of fused-ring (bicyclic) bond motifs is 3. The number of hydrogen-bond donors (Lipinski definition) is 0. The lowest BCUT2D eigenvalue weighted by molar-refractivity contribution is 1.43. The van der Waals surface area contributed by atoms with Crippen LogP contribution in [0.25, 0.3) is 44.1 Å². The molecule has 1 heterocycles. The second-order valence-corrected chi connectivity index (χ2v) is 7.02. The maximum atomic E-state index is 6.35. The molecule has 0 saturated carbocycles. The topological polar surface area (TPSA) is 12.9 Å². The zero-order chi connectivity index (χ0) is 18.2. The largest absolute Gasteiger partial charge is 0.247 e. The third-order valence-corrected chi connectivity index (χ3v) is 5.15. The van der Waals surface area contributed by atoms with E-state index in [1.807, 2.05) is 30.3 Å². The third-order valence-electron chi connectivity index (χ3n) is 4.91. The highest BCUT2D eigenvalue weighted by Crippen LogP contribution is 2.39. The predicted molar refractivity (Wildman–Crippen MR) is 115 cm³/mol. The highest BCUT2D eigenvalue weighted by atomic mass is 35.5. The van der Waals surface area contributed by atoms with Crippen LogP contribution in [0.2, 0.25) is 5.02 Å². The van der Waals surface area contributed by atoms with E-state index in [1.54, 1.807) is 0 Å². The minimum absolute atomic E-state index is 0.723. The average Bonchev–Trinajstić information content (AvgIpc) is 2.74. The Morgan fingerprint density at radius 3 is 2.04 bits per heavy atom. The third kappa shape index (κ3) is 2.77. The van der Waals surface area contributed by atoms with E-state index in [0.717, 1.165) is 32.6 Å². The Balaban J connectivity index is 1.98. The fraction of sp³-hybridized carbons (Fsp3) is 0. The maximum absolute atomic E-state index is 6.35. The van der Waals surface area contributed by atoms with E-state index in [4.69, 9.17) is 16.6 Å². The van der Waals surface area contributed by atoms with Crippen LogP contribution in [0.4, 0.5) is 0 Å². The van der Waals surface area contributed by atoms with Crippen molar-refractivity contribution >= 4 is 33.3 Å². The summed E-state index contributed by atoms with van der Waals surface area (Å²) in [5.41, 5.74) is 5.45. The summed E-state index contributed by atoms with van der Waals surface area (Å²) in [4.78, 5) is 4.99. The van der Waals surface area contributed by atoms with E-state index >= 15 is 0 Å². The molecule has 0 N–H and O–H groups in total. The maximum Gasteiger partial charge on any atom is 0.0788 e. The Morgan fingerprint density at radius 1 is 0.593 bits per heavy atom. The molecule has 1 aromatic heterocycles. The lowest BCUT2D eigenvalue weighted by Gasteiger charge is -2.14. The molecule has 27 heavy (non-hydrogen) atoms. The van der Waals surface area contributed by atoms with Crippen molar-refractivity contribution in [2.24, 2.45) is 0 Å². The zero-order valence-corrected chi connectivity index (χ0v) is 15.3. The fourth-order valence-corrected chi connectivity index (χ4v) is 3.87. The summed E-state index contributed by atoms with van der Waals surface area (Å²) < 4.78 is 0. The van der Waals surface area contributed by atoms with Gasteiger partial charge in [-0.2, -0.15) is 0 Å². The second-order valence-electron chi connectivity index (χ2n) is 6.58. The van der Waals surface area contributed by atoms with Crippen LogP contribution in [-0.4, -0.2) is 4.98 Å². The first-order chi connectivity index (χ1) is 13.3. The van der Waals surface area contributed by atoms with Crippen molar-refractivity contribution in [1.82, 2.24) is 4.98 Å². The first kappa shape index (κ1) is 16.0. The van der Waals surface area contributed by atoms with Gasteiger partial charge in [-0.05, 0) is 29.3 Å². The van der Waals surface area contributed by atoms with Crippen molar-refractivity contribution in [3.63, 3.8) is 0 Å². The van der Waals surface area contributed by atoms with Crippen molar-refractivity contribution in [3.05, 3.63) is 102 Å². The van der Waals surface area contributed by atoms with E-state index in [2.05, 4.69) is 66.7 Å². The Hall–Kier alpha value is -3.16. The Bertz CT molecular complexity index is 1260. The molecular formula is C25H16ClN. The number of halogens is 1. The fourth-order valence-electron chi connectivity index (χ4n) is 3.70. The average molecular weight is 366 g/mol. The molecule has 0 spiro atoms. The van der Waals surface area contributed by atoms with Gasteiger partial charge in [-0.15, -0.1) is 0 Å². The van der Waals surface area contributed by atoms with Gasteiger partial charge in [0.1, 0.15) is 0 Å². The van der Waals surface area contributed by atoms with Gasteiger partial charge < -0.3 is 0 Å². The number of aromatic nitrogens is 1. The zero-order valence-electron chi connectivity index (χ0n) is 14.6. The van der Waals surface area contributed by atoms with E-state index < -0.39 is 0 Å². The van der Waals surface area contributed by atoms with Gasteiger partial charge in [-0.25, -0.2) is 4.98 Å². The molecule has 4 aromatic carbocycles. The highest BCUT2D eigenvalue weighted by Gasteiger charge is 2.14. The van der Waals surface area contributed by atoms with E-state index in [1.165, 1.54) is 16.5 Å². The molecule has 5 rings (SSSR count). The second kappa shape index (κ2) is 6.53. The summed E-state index contributed by atoms with van der Waals surface area (Å²) in [6, 6.07) is 33.2. The van der Waals surface area contributed by atoms with Crippen LogP contribution in [0.3, 0.4) is 0 Å². The van der Waals surface area contributed by atoms with Gasteiger partial charge in [0.2, 0.25) is 0 Å². The van der Waals surface area contributed by atoms with Gasteiger partial charge in [0, 0.05) is 26.7 Å². The van der Waals surface area contributed by atoms with E-state index in [-0.39, 0.29) is 0 Å². The Kier molecular flexibility index (Phi) is 3.88. The number of rotatable bonds is 2. The molecule has 128 valence electrons. The van der Waals surface area contributed by atoms with Crippen molar-refractivity contribution in [2.75, 3.05) is 0 Å². The number of pyridine rings is 1. The standard InChI is InChI=1S/C25H16ClN/c26-19-14-15-23-22(16-19)24-20(17-8-3-1-4-9-17)12-7-13-21(24)25(27-23)18-10-5-2-6-11-18/h1-16H. The van der Waals surface area contributed by atoms with Crippen LogP contribution in [-0.2, 0) is 0 Å². The van der Waals surface area contributed by atoms with Crippen molar-refractivity contribution in [3.8, 4) is 22.4 Å². The van der Waals surface area contributed by atoms with Crippen molar-refractivity contribution in [1.29, 1.82) is 0 Å². The van der Waals surface area contributed by atoms with Crippen molar-refractivity contribution in [2.45, 2.75) is 0 Å². The molecule has 5 aromatic rings. The van der Waals surface area contributed by atoms with Crippen LogP contribution in [0.15, 0.2) is 97.1 Å². The normalized spacial score (nSPS) is 11.1. The highest BCUT2D eigenvalue weighted by molar-refractivity contribution is 6.32. The molecule has 1 nitrogen and oxygen atoms in total. The van der Waals surface area contributed by atoms with Crippen LogP contribution < -0.4 is 0 Å². The smallest absolute Gasteiger partial charge is 0.0788 e. The number of benzene rings is 4. The molecule has 0 bridgehead atoms. The lowest BCUT2D eigenvalue weighted by Crippen LogP contribution is -1.92. The summed E-state index contributed by atoms with van der Waals surface area (Å²) >= 11 is 6.35. The summed E-state index contributed by atoms with van der Waals surface area (Å²) in [6.45, 7) is 0. The molecule has 0 radical (unpaired) electrons. The molecule has 0 unspecified atom stereocenters. The van der Waals surface area contributed by atoms with Crippen LogP contribution >= 0.6 is 11.6 Å². The minimum Gasteiger partial charge on any atom is -0.247 e. The molecule has 0 aliphatic rings. The Labute approximate surface area is 162 Å². The summed E-state index contributed by atoms with van der Waals surface area (Å²) in [5.74, 6) is 0. The van der Waals surface area contributed by atoms with E-state index in [0.29, 0.717) is 0 Å². The molecule has 0 saturated heterocycles.